The summed E-state index contributed by atoms with van der Waals surface area (Å²) in [5.74, 6) is -0.105. The second-order valence-corrected chi connectivity index (χ2v) is 2.59. The van der Waals surface area contributed by atoms with E-state index in [2.05, 4.69) is 11.6 Å². The highest BCUT2D eigenvalue weighted by Crippen LogP contribution is 2.15. The fourth-order valence-electron chi connectivity index (χ4n) is 0.757. The quantitative estimate of drug-likeness (QED) is 0.559. The summed E-state index contributed by atoms with van der Waals surface area (Å²) >= 11 is 5.61. The third-order valence-corrected chi connectivity index (χ3v) is 1.54. The number of halogens is 1. The third-order valence-electron chi connectivity index (χ3n) is 1.34. The van der Waals surface area contributed by atoms with Crippen LogP contribution in [-0.4, -0.2) is 10.8 Å². The first kappa shape index (κ1) is 8.74. The Labute approximate surface area is 74.9 Å². The zero-order valence-electron chi connectivity index (χ0n) is 6.25. The lowest BCUT2D eigenvalue weighted by atomic mass is 10.2. The summed E-state index contributed by atoms with van der Waals surface area (Å²) in [5, 5.41) is 0.384. The van der Waals surface area contributed by atoms with E-state index < -0.39 is 0 Å². The average Bonchev–Trinajstić information content (AvgIpc) is 2.08. The van der Waals surface area contributed by atoms with Crippen molar-refractivity contribution in [1.82, 2.24) is 4.98 Å². The molecule has 0 spiro atoms. The Hall–Kier alpha value is -1.35. The smallest absolute Gasteiger partial charge is 0.188 e. The van der Waals surface area contributed by atoms with Crippen LogP contribution in [0, 0.1) is 0 Å². The monoisotopic (exact) mass is 182 g/mol. The van der Waals surface area contributed by atoms with Crippen LogP contribution in [0.3, 0.4) is 0 Å². The number of allylic oxidation sites excluding steroid dienone is 1. The normalized spacial score (nSPS) is 9.42. The maximum absolute atomic E-state index is 11.1. The van der Waals surface area contributed by atoms with Gasteiger partial charge in [-0.25, -0.2) is 4.98 Å². The van der Waals surface area contributed by atoms with Crippen LogP contribution in [0.2, 0.25) is 5.02 Å². The van der Waals surface area contributed by atoms with Crippen molar-refractivity contribution in [2.24, 2.45) is 0 Å². The first-order chi connectivity index (χ1) is 5.65. The van der Waals surface area contributed by atoms with Crippen LogP contribution >= 0.6 is 11.6 Å². The second-order valence-electron chi connectivity index (χ2n) is 2.15. The van der Waals surface area contributed by atoms with Crippen LogP contribution < -0.4 is 5.73 Å². The Balaban J connectivity index is 3.22. The summed E-state index contributed by atoms with van der Waals surface area (Å²) in [4.78, 5) is 14.8. The highest BCUT2D eigenvalue weighted by atomic mass is 35.5. The van der Waals surface area contributed by atoms with Gasteiger partial charge >= 0.3 is 0 Å². The molecule has 1 heterocycles. The number of nitrogen functional groups attached to an aromatic ring is 1. The van der Waals surface area contributed by atoms with Gasteiger partial charge in [0.1, 0.15) is 5.82 Å². The summed E-state index contributed by atoms with van der Waals surface area (Å²) in [5.41, 5.74) is 5.72. The maximum atomic E-state index is 11.1. The van der Waals surface area contributed by atoms with E-state index in [1.807, 2.05) is 0 Å². The molecule has 0 aliphatic carbocycles. The second kappa shape index (κ2) is 3.36. The van der Waals surface area contributed by atoms with Crippen molar-refractivity contribution in [3.8, 4) is 0 Å². The standard InChI is InChI=1S/C8H7ClN2O/c1-2-7(12)6-3-5(9)4-11-8(6)10/h2-4H,1H2,(H2,10,11). The number of carbonyl (C=O) groups excluding carboxylic acids is 1. The minimum atomic E-state index is -0.275. The molecule has 0 bridgehead atoms. The van der Waals surface area contributed by atoms with Gasteiger partial charge in [0.25, 0.3) is 0 Å². The van der Waals surface area contributed by atoms with E-state index in [9.17, 15) is 4.79 Å². The molecule has 0 atom stereocenters. The molecule has 12 heavy (non-hydrogen) atoms. The van der Waals surface area contributed by atoms with Gasteiger partial charge in [-0.1, -0.05) is 18.2 Å². The molecule has 0 amide bonds. The number of rotatable bonds is 2. The number of aromatic nitrogens is 1. The topological polar surface area (TPSA) is 56.0 Å². The predicted molar refractivity (Wildman–Crippen MR) is 48.2 cm³/mol. The first-order valence-electron chi connectivity index (χ1n) is 3.23. The highest BCUT2D eigenvalue weighted by molar-refractivity contribution is 6.31. The number of nitrogens with two attached hydrogens (primary N) is 1. The van der Waals surface area contributed by atoms with E-state index in [1.54, 1.807) is 0 Å². The van der Waals surface area contributed by atoms with Crippen LogP contribution in [0.5, 0.6) is 0 Å². The van der Waals surface area contributed by atoms with Crippen molar-refractivity contribution < 1.29 is 4.79 Å². The number of hydrogen-bond acceptors (Lipinski definition) is 3. The summed E-state index contributed by atoms with van der Waals surface area (Å²) in [6.07, 6.45) is 2.56. The molecule has 1 rings (SSSR count). The van der Waals surface area contributed by atoms with Crippen molar-refractivity contribution in [1.29, 1.82) is 0 Å². The molecule has 1 aromatic heterocycles. The molecule has 0 saturated carbocycles. The van der Waals surface area contributed by atoms with Crippen molar-refractivity contribution in [2.75, 3.05) is 5.73 Å². The van der Waals surface area contributed by atoms with Crippen LogP contribution in [0.4, 0.5) is 5.82 Å². The Morgan fingerprint density at radius 1 is 1.75 bits per heavy atom. The minimum absolute atomic E-state index is 0.171. The van der Waals surface area contributed by atoms with Crippen molar-refractivity contribution in [2.45, 2.75) is 0 Å². The Morgan fingerprint density at radius 3 is 3.00 bits per heavy atom. The first-order valence-corrected chi connectivity index (χ1v) is 3.60. The molecule has 0 aromatic carbocycles. The zero-order valence-corrected chi connectivity index (χ0v) is 7.01. The number of hydrogen-bond donors (Lipinski definition) is 1. The van der Waals surface area contributed by atoms with E-state index in [-0.39, 0.29) is 17.2 Å². The Bertz CT molecular complexity index is 336. The van der Waals surface area contributed by atoms with Gasteiger partial charge in [0.05, 0.1) is 10.6 Å². The molecular weight excluding hydrogens is 176 g/mol. The average molecular weight is 183 g/mol. The molecule has 0 aliphatic heterocycles. The number of pyridine rings is 1. The molecule has 62 valence electrons. The summed E-state index contributed by atoms with van der Waals surface area (Å²) in [6.45, 7) is 3.33. The molecule has 3 nitrogen and oxygen atoms in total. The van der Waals surface area contributed by atoms with E-state index in [0.29, 0.717) is 5.02 Å². The van der Waals surface area contributed by atoms with Crippen LogP contribution in [0.25, 0.3) is 0 Å². The minimum Gasteiger partial charge on any atom is -0.383 e. The fourth-order valence-corrected chi connectivity index (χ4v) is 0.915. The van der Waals surface area contributed by atoms with E-state index >= 15 is 0 Å². The molecular formula is C8H7ClN2O. The van der Waals surface area contributed by atoms with Crippen LogP contribution in [0.1, 0.15) is 10.4 Å². The van der Waals surface area contributed by atoms with Crippen LogP contribution in [-0.2, 0) is 0 Å². The molecule has 0 saturated heterocycles. The largest absolute Gasteiger partial charge is 0.383 e. The molecule has 2 N–H and O–H groups in total. The van der Waals surface area contributed by atoms with E-state index in [4.69, 9.17) is 17.3 Å². The maximum Gasteiger partial charge on any atom is 0.188 e. The van der Waals surface area contributed by atoms with Gasteiger partial charge in [0, 0.05) is 6.20 Å². The predicted octanol–water partition coefficient (Wildman–Crippen LogP) is 1.69. The molecule has 0 radical (unpaired) electrons. The fraction of sp³-hybridized carbons (Fsp3) is 0. The van der Waals surface area contributed by atoms with Gasteiger partial charge in [-0.2, -0.15) is 0 Å². The molecule has 4 heteroatoms. The molecule has 0 aliphatic rings. The molecule has 1 aromatic rings. The van der Waals surface area contributed by atoms with E-state index in [0.717, 1.165) is 0 Å². The lowest BCUT2D eigenvalue weighted by molar-refractivity contribution is 0.104. The summed E-state index contributed by atoms with van der Waals surface area (Å²) in [7, 11) is 0. The van der Waals surface area contributed by atoms with Gasteiger partial charge < -0.3 is 5.73 Å². The summed E-state index contributed by atoms with van der Waals surface area (Å²) < 4.78 is 0. The van der Waals surface area contributed by atoms with Crippen LogP contribution in [0.15, 0.2) is 24.9 Å². The SMILES string of the molecule is C=CC(=O)c1cc(Cl)cnc1N. The van der Waals surface area contributed by atoms with Gasteiger partial charge in [-0.3, -0.25) is 4.79 Å². The lowest BCUT2D eigenvalue weighted by Gasteiger charge is -1.99. The number of nitrogens with zero attached hydrogens (tertiary/aromatic N) is 1. The molecule has 0 unspecified atom stereocenters. The summed E-state index contributed by atoms with van der Waals surface area (Å²) in [6, 6.07) is 1.47. The third kappa shape index (κ3) is 1.62. The number of carbonyl (C=O) groups is 1. The van der Waals surface area contributed by atoms with Gasteiger partial charge in [0.15, 0.2) is 5.78 Å². The lowest BCUT2D eigenvalue weighted by Crippen LogP contribution is -2.02. The number of ketones is 1. The Kier molecular flexibility index (Phi) is 2.45. The zero-order chi connectivity index (χ0) is 9.14. The van der Waals surface area contributed by atoms with Gasteiger partial charge in [-0.15, -0.1) is 0 Å². The van der Waals surface area contributed by atoms with Crippen molar-refractivity contribution in [3.63, 3.8) is 0 Å². The van der Waals surface area contributed by atoms with Crippen molar-refractivity contribution in [3.05, 3.63) is 35.5 Å². The van der Waals surface area contributed by atoms with Crippen molar-refractivity contribution >= 4 is 23.2 Å². The van der Waals surface area contributed by atoms with Gasteiger partial charge in [0.2, 0.25) is 0 Å². The highest BCUT2D eigenvalue weighted by Gasteiger charge is 2.07. The number of anilines is 1. The Morgan fingerprint density at radius 2 is 2.42 bits per heavy atom. The van der Waals surface area contributed by atoms with E-state index in [1.165, 1.54) is 18.3 Å². The molecule has 0 fully saturated rings. The van der Waals surface area contributed by atoms with Gasteiger partial charge in [-0.05, 0) is 12.1 Å².